The lowest BCUT2D eigenvalue weighted by Crippen LogP contribution is -2.16. The highest BCUT2D eigenvalue weighted by atomic mass is 32.1. The highest BCUT2D eigenvalue weighted by Gasteiger charge is 2.17. The number of ketones is 1. The van der Waals surface area contributed by atoms with E-state index in [0.717, 1.165) is 10.6 Å². The topological polar surface area (TPSA) is 67.3 Å². The number of Topliss-reactive ketones (excluding diaryl/α,β-unsaturated/α-hetero) is 1. The Morgan fingerprint density at radius 2 is 1.86 bits per heavy atom. The maximum atomic E-state index is 11.8. The van der Waals surface area contributed by atoms with Crippen LogP contribution in [0.3, 0.4) is 0 Å². The number of nitrogens with zero attached hydrogens (tertiary/aromatic N) is 1. The van der Waals surface area contributed by atoms with Crippen LogP contribution in [0, 0.1) is 5.92 Å². The molecule has 22 heavy (non-hydrogen) atoms. The molecule has 1 N–H and O–H groups in total. The molecule has 2 rings (SSSR count). The second-order valence-corrected chi connectivity index (χ2v) is 5.53. The van der Waals surface area contributed by atoms with Crippen molar-refractivity contribution in [1.82, 2.24) is 4.98 Å². The number of carboxylic acid groups (broad SMARTS) is 1. The average Bonchev–Trinajstić information content (AvgIpc) is 2.98. The van der Waals surface area contributed by atoms with E-state index in [9.17, 15) is 9.59 Å². The Kier molecular flexibility index (Phi) is 7.46. The highest BCUT2D eigenvalue weighted by Crippen LogP contribution is 2.23. The summed E-state index contributed by atoms with van der Waals surface area (Å²) in [7, 11) is 0. The third-order valence-electron chi connectivity index (χ3n) is 2.91. The molecule has 1 aromatic carbocycles. The number of aliphatic carboxylic acids is 1. The van der Waals surface area contributed by atoms with Gasteiger partial charge in [0.25, 0.3) is 0 Å². The Bertz CT molecular complexity index is 607. The summed E-state index contributed by atoms with van der Waals surface area (Å²) in [4.78, 5) is 26.9. The van der Waals surface area contributed by atoms with Gasteiger partial charge in [0.2, 0.25) is 0 Å². The van der Waals surface area contributed by atoms with Crippen LogP contribution in [0.5, 0.6) is 0 Å². The molecule has 0 fully saturated rings. The van der Waals surface area contributed by atoms with Gasteiger partial charge < -0.3 is 5.11 Å². The molecular weight excluding hydrogens is 298 g/mol. The Morgan fingerprint density at radius 1 is 1.23 bits per heavy atom. The fraction of sp³-hybridized carbons (Fsp3) is 0.353. The Balaban J connectivity index is 0.00000116. The molecule has 4 nitrogen and oxygen atoms in total. The zero-order valence-electron chi connectivity index (χ0n) is 13.1. The monoisotopic (exact) mass is 319 g/mol. The molecule has 0 aliphatic heterocycles. The number of thiazole rings is 1. The number of carboxylic acids is 1. The highest BCUT2D eigenvalue weighted by molar-refractivity contribution is 7.13. The SMILES string of the molecule is CC.C[C@H](CC(=O)Cc1csc(-c2ccccc2)n1)C(=O)O. The molecule has 0 saturated carbocycles. The summed E-state index contributed by atoms with van der Waals surface area (Å²) in [5.41, 5.74) is 1.73. The second-order valence-electron chi connectivity index (χ2n) is 4.67. The lowest BCUT2D eigenvalue weighted by atomic mass is 10.0. The predicted molar refractivity (Wildman–Crippen MR) is 89.0 cm³/mol. The molecule has 0 aliphatic rings. The van der Waals surface area contributed by atoms with Gasteiger partial charge in [-0.2, -0.15) is 0 Å². The van der Waals surface area contributed by atoms with Gasteiger partial charge in [-0.25, -0.2) is 4.98 Å². The number of carbonyl (C=O) groups is 2. The van der Waals surface area contributed by atoms with Crippen molar-refractivity contribution in [3.63, 3.8) is 0 Å². The summed E-state index contributed by atoms with van der Waals surface area (Å²) in [6.45, 7) is 5.54. The van der Waals surface area contributed by atoms with Crippen LogP contribution in [-0.2, 0) is 16.0 Å². The minimum Gasteiger partial charge on any atom is -0.481 e. The molecule has 1 aromatic heterocycles. The van der Waals surface area contributed by atoms with E-state index in [4.69, 9.17) is 5.11 Å². The molecule has 118 valence electrons. The van der Waals surface area contributed by atoms with Crippen molar-refractivity contribution in [3.8, 4) is 10.6 Å². The van der Waals surface area contributed by atoms with E-state index >= 15 is 0 Å². The van der Waals surface area contributed by atoms with E-state index in [1.54, 1.807) is 0 Å². The zero-order chi connectivity index (χ0) is 16.5. The zero-order valence-corrected chi connectivity index (χ0v) is 13.9. The Hall–Kier alpha value is -2.01. The summed E-state index contributed by atoms with van der Waals surface area (Å²) in [5, 5.41) is 11.5. The summed E-state index contributed by atoms with van der Waals surface area (Å²) in [6.07, 6.45) is 0.245. The third kappa shape index (κ3) is 5.41. The average molecular weight is 319 g/mol. The molecule has 0 saturated heterocycles. The van der Waals surface area contributed by atoms with Crippen LogP contribution in [0.25, 0.3) is 10.6 Å². The molecule has 0 aliphatic carbocycles. The molecule has 0 bridgehead atoms. The first-order valence-electron chi connectivity index (χ1n) is 7.30. The van der Waals surface area contributed by atoms with Gasteiger partial charge in [0, 0.05) is 23.8 Å². The van der Waals surface area contributed by atoms with Gasteiger partial charge >= 0.3 is 5.97 Å². The van der Waals surface area contributed by atoms with Gasteiger partial charge in [0.05, 0.1) is 11.6 Å². The van der Waals surface area contributed by atoms with Crippen molar-refractivity contribution < 1.29 is 14.7 Å². The first-order valence-corrected chi connectivity index (χ1v) is 8.18. The second kappa shape index (κ2) is 9.10. The quantitative estimate of drug-likeness (QED) is 0.872. The molecule has 0 unspecified atom stereocenters. The van der Waals surface area contributed by atoms with Crippen molar-refractivity contribution >= 4 is 23.1 Å². The summed E-state index contributed by atoms with van der Waals surface area (Å²) >= 11 is 1.49. The van der Waals surface area contributed by atoms with Crippen molar-refractivity contribution in [2.24, 2.45) is 5.92 Å². The van der Waals surface area contributed by atoms with E-state index in [-0.39, 0.29) is 18.6 Å². The molecule has 1 heterocycles. The fourth-order valence-corrected chi connectivity index (χ4v) is 2.63. The number of rotatable bonds is 6. The van der Waals surface area contributed by atoms with Crippen LogP contribution in [0.4, 0.5) is 0 Å². The van der Waals surface area contributed by atoms with E-state index in [1.165, 1.54) is 18.3 Å². The fourth-order valence-electron chi connectivity index (χ4n) is 1.80. The first kappa shape index (κ1) is 18.0. The van der Waals surface area contributed by atoms with Crippen molar-refractivity contribution in [1.29, 1.82) is 0 Å². The van der Waals surface area contributed by atoms with Gasteiger partial charge in [-0.15, -0.1) is 11.3 Å². The smallest absolute Gasteiger partial charge is 0.306 e. The number of carbonyl (C=O) groups excluding carboxylic acids is 1. The summed E-state index contributed by atoms with van der Waals surface area (Å²) < 4.78 is 0. The van der Waals surface area contributed by atoms with E-state index in [0.29, 0.717) is 5.69 Å². The first-order chi connectivity index (χ1) is 10.6. The van der Waals surface area contributed by atoms with Crippen molar-refractivity contribution in [2.45, 2.75) is 33.6 Å². The minimum atomic E-state index is -0.943. The van der Waals surface area contributed by atoms with Gasteiger partial charge in [0.15, 0.2) is 0 Å². The van der Waals surface area contributed by atoms with E-state index in [1.807, 2.05) is 49.6 Å². The maximum absolute atomic E-state index is 11.8. The molecule has 1 atom stereocenters. The summed E-state index contributed by atoms with van der Waals surface area (Å²) in [5.74, 6) is -1.68. The molecular formula is C17H21NO3S. The van der Waals surface area contributed by atoms with Gasteiger partial charge in [0.1, 0.15) is 10.8 Å². The van der Waals surface area contributed by atoms with E-state index in [2.05, 4.69) is 4.98 Å². The van der Waals surface area contributed by atoms with Gasteiger partial charge in [-0.05, 0) is 0 Å². The number of benzene rings is 1. The number of aromatic nitrogens is 1. The Labute approximate surface area is 134 Å². The molecule has 0 radical (unpaired) electrons. The van der Waals surface area contributed by atoms with Crippen LogP contribution >= 0.6 is 11.3 Å². The van der Waals surface area contributed by atoms with Gasteiger partial charge in [-0.1, -0.05) is 51.1 Å². The third-order valence-corrected chi connectivity index (χ3v) is 3.85. The van der Waals surface area contributed by atoms with E-state index < -0.39 is 11.9 Å². The standard InChI is InChI=1S/C15H15NO3S.C2H6/c1-10(15(18)19)7-13(17)8-12-9-20-14(16-12)11-5-3-2-4-6-11;1-2/h2-6,9-10H,7-8H2,1H3,(H,18,19);1-2H3/t10-;/m1./s1. The van der Waals surface area contributed by atoms with Crippen LogP contribution in [0.2, 0.25) is 0 Å². The predicted octanol–water partition coefficient (Wildman–Crippen LogP) is 4.06. The van der Waals surface area contributed by atoms with Crippen molar-refractivity contribution in [2.75, 3.05) is 0 Å². The van der Waals surface area contributed by atoms with Crippen molar-refractivity contribution in [3.05, 3.63) is 41.4 Å². The Morgan fingerprint density at radius 3 is 2.45 bits per heavy atom. The number of hydrogen-bond donors (Lipinski definition) is 1. The van der Waals surface area contributed by atoms with Gasteiger partial charge in [-0.3, -0.25) is 9.59 Å². The minimum absolute atomic E-state index is 0.0491. The number of hydrogen-bond acceptors (Lipinski definition) is 4. The van der Waals surface area contributed by atoms with Crippen LogP contribution in [-0.4, -0.2) is 21.8 Å². The molecule has 5 heteroatoms. The lowest BCUT2D eigenvalue weighted by molar-refractivity contribution is -0.143. The van der Waals surface area contributed by atoms with Crippen LogP contribution in [0.15, 0.2) is 35.7 Å². The molecule has 0 amide bonds. The van der Waals surface area contributed by atoms with Crippen LogP contribution < -0.4 is 0 Å². The summed E-state index contributed by atoms with van der Waals surface area (Å²) in [6, 6.07) is 9.76. The van der Waals surface area contributed by atoms with Crippen LogP contribution in [0.1, 0.15) is 32.9 Å². The molecule has 0 spiro atoms. The maximum Gasteiger partial charge on any atom is 0.306 e. The molecule has 2 aromatic rings. The normalized spacial score (nSPS) is 11.2. The largest absolute Gasteiger partial charge is 0.481 e. The lowest BCUT2D eigenvalue weighted by Gasteiger charge is -2.03.